The molecule has 3 aromatic rings. The lowest BCUT2D eigenvalue weighted by atomic mass is 9.67. The van der Waals surface area contributed by atoms with E-state index in [1.807, 2.05) is 35.0 Å². The van der Waals surface area contributed by atoms with Crippen molar-refractivity contribution < 1.29 is 5.11 Å². The van der Waals surface area contributed by atoms with Gasteiger partial charge in [0.1, 0.15) is 5.65 Å². The summed E-state index contributed by atoms with van der Waals surface area (Å²) in [6.45, 7) is 3.13. The van der Waals surface area contributed by atoms with Gasteiger partial charge in [-0.15, -0.1) is 0 Å². The molecule has 0 atom stereocenters. The maximum Gasteiger partial charge on any atom is 0.260 e. The molecule has 6 nitrogen and oxygen atoms in total. The molecule has 2 N–H and O–H groups in total. The van der Waals surface area contributed by atoms with Gasteiger partial charge in [-0.25, -0.2) is 4.98 Å². The standard InChI is InChI=1S/C24H30N4O2/c1-2-24(12-5-13-24)15-26-23-25-14-20-18-6-3-4-7-19(18)22(30)28(21(20)27-23)16-8-10-17(29)11-9-16/h3-4,6-7,14,16-17,29H,2,5,8-13,15H2,1H3,(H,25,26,27)/t16-,17-. The van der Waals surface area contributed by atoms with Gasteiger partial charge in [0.15, 0.2) is 0 Å². The Balaban J connectivity index is 1.61. The number of hydrogen-bond donors (Lipinski definition) is 2. The maximum atomic E-state index is 13.5. The second-order valence-electron chi connectivity index (χ2n) is 9.17. The fourth-order valence-electron chi connectivity index (χ4n) is 5.22. The molecule has 30 heavy (non-hydrogen) atoms. The normalized spacial score (nSPS) is 23.4. The van der Waals surface area contributed by atoms with E-state index in [0.29, 0.717) is 22.4 Å². The number of benzene rings is 1. The van der Waals surface area contributed by atoms with Crippen LogP contribution in [0.5, 0.6) is 0 Å². The van der Waals surface area contributed by atoms with Crippen molar-refractivity contribution in [3.63, 3.8) is 0 Å². The number of aliphatic hydroxyl groups excluding tert-OH is 1. The van der Waals surface area contributed by atoms with Crippen LogP contribution < -0.4 is 10.9 Å². The Morgan fingerprint density at radius 3 is 2.53 bits per heavy atom. The first-order valence-corrected chi connectivity index (χ1v) is 11.3. The van der Waals surface area contributed by atoms with Crippen LogP contribution in [0.1, 0.15) is 64.3 Å². The highest BCUT2D eigenvalue weighted by Crippen LogP contribution is 2.43. The van der Waals surface area contributed by atoms with Crippen molar-refractivity contribution >= 4 is 27.8 Å². The van der Waals surface area contributed by atoms with Gasteiger partial charge in [-0.1, -0.05) is 31.5 Å². The molecule has 0 unspecified atom stereocenters. The number of aromatic nitrogens is 3. The number of hydrogen-bond acceptors (Lipinski definition) is 5. The lowest BCUT2D eigenvalue weighted by Gasteiger charge is -2.41. The Bertz CT molecular complexity index is 1120. The molecule has 5 rings (SSSR count). The third-order valence-electron chi connectivity index (χ3n) is 7.48. The summed E-state index contributed by atoms with van der Waals surface area (Å²) < 4.78 is 1.87. The van der Waals surface area contributed by atoms with E-state index in [1.165, 1.54) is 19.3 Å². The van der Waals surface area contributed by atoms with E-state index in [9.17, 15) is 9.90 Å². The van der Waals surface area contributed by atoms with Crippen LogP contribution >= 0.6 is 0 Å². The summed E-state index contributed by atoms with van der Waals surface area (Å²) in [7, 11) is 0. The summed E-state index contributed by atoms with van der Waals surface area (Å²) in [5, 5.41) is 15.9. The van der Waals surface area contributed by atoms with Crippen LogP contribution in [0.3, 0.4) is 0 Å². The van der Waals surface area contributed by atoms with E-state index >= 15 is 0 Å². The van der Waals surface area contributed by atoms with Gasteiger partial charge < -0.3 is 10.4 Å². The maximum absolute atomic E-state index is 13.5. The number of nitrogens with zero attached hydrogens (tertiary/aromatic N) is 3. The zero-order valence-electron chi connectivity index (χ0n) is 17.6. The summed E-state index contributed by atoms with van der Waals surface area (Å²) in [5.41, 5.74) is 1.07. The van der Waals surface area contributed by atoms with Gasteiger partial charge in [-0.05, 0) is 61.8 Å². The number of nitrogens with one attached hydrogen (secondary N) is 1. The highest BCUT2D eigenvalue weighted by atomic mass is 16.3. The van der Waals surface area contributed by atoms with E-state index < -0.39 is 0 Å². The minimum absolute atomic E-state index is 0.00756. The van der Waals surface area contributed by atoms with Gasteiger partial charge in [0.05, 0.1) is 6.10 Å². The first kappa shape index (κ1) is 19.5. The average molecular weight is 407 g/mol. The van der Waals surface area contributed by atoms with Crippen LogP contribution in [-0.4, -0.2) is 32.3 Å². The van der Waals surface area contributed by atoms with Crippen molar-refractivity contribution in [2.24, 2.45) is 5.41 Å². The zero-order valence-corrected chi connectivity index (χ0v) is 17.6. The van der Waals surface area contributed by atoms with Crippen LogP contribution in [-0.2, 0) is 0 Å². The number of fused-ring (bicyclic) bond motifs is 3. The van der Waals surface area contributed by atoms with E-state index in [2.05, 4.69) is 17.2 Å². The van der Waals surface area contributed by atoms with Gasteiger partial charge in [-0.2, -0.15) is 4.98 Å². The summed E-state index contributed by atoms with van der Waals surface area (Å²) in [5.74, 6) is 0.599. The van der Waals surface area contributed by atoms with Crippen LogP contribution in [0.2, 0.25) is 0 Å². The molecule has 6 heteroatoms. The highest BCUT2D eigenvalue weighted by molar-refractivity contribution is 6.04. The lowest BCUT2D eigenvalue weighted by Crippen LogP contribution is -2.36. The number of anilines is 1. The van der Waals surface area contributed by atoms with E-state index in [4.69, 9.17) is 4.98 Å². The molecular formula is C24H30N4O2. The minimum Gasteiger partial charge on any atom is -0.393 e. The lowest BCUT2D eigenvalue weighted by molar-refractivity contribution is 0.111. The molecule has 0 aliphatic heterocycles. The predicted octanol–water partition coefficient (Wildman–Crippen LogP) is 4.41. The molecule has 2 saturated carbocycles. The molecule has 1 aromatic carbocycles. The molecule has 158 valence electrons. The second-order valence-corrected chi connectivity index (χ2v) is 9.17. The van der Waals surface area contributed by atoms with Gasteiger partial charge in [0.2, 0.25) is 5.95 Å². The first-order valence-electron chi connectivity index (χ1n) is 11.3. The number of pyridine rings is 1. The van der Waals surface area contributed by atoms with Crippen molar-refractivity contribution in [3.05, 3.63) is 40.8 Å². The summed E-state index contributed by atoms with van der Waals surface area (Å²) in [6.07, 6.45) is 9.60. The Hall–Kier alpha value is -2.47. The molecule has 0 spiro atoms. The van der Waals surface area contributed by atoms with Gasteiger partial charge in [0.25, 0.3) is 5.56 Å². The zero-order chi connectivity index (χ0) is 20.7. The van der Waals surface area contributed by atoms with Crippen LogP contribution in [0.15, 0.2) is 35.3 Å². The Morgan fingerprint density at radius 2 is 1.87 bits per heavy atom. The summed E-state index contributed by atoms with van der Waals surface area (Å²) in [6, 6.07) is 7.79. The van der Waals surface area contributed by atoms with Gasteiger partial charge in [0, 0.05) is 29.6 Å². The second kappa shape index (κ2) is 7.65. The number of rotatable bonds is 5. The van der Waals surface area contributed by atoms with Gasteiger partial charge in [-0.3, -0.25) is 9.36 Å². The predicted molar refractivity (Wildman–Crippen MR) is 120 cm³/mol. The molecule has 2 fully saturated rings. The van der Waals surface area contributed by atoms with Crippen molar-refractivity contribution in [1.82, 2.24) is 14.5 Å². The molecule has 0 bridgehead atoms. The van der Waals surface area contributed by atoms with Crippen molar-refractivity contribution in [2.45, 2.75) is 70.4 Å². The summed E-state index contributed by atoms with van der Waals surface area (Å²) >= 11 is 0. The molecule has 0 radical (unpaired) electrons. The molecule has 2 aliphatic carbocycles. The van der Waals surface area contributed by atoms with E-state index in [1.54, 1.807) is 0 Å². The Morgan fingerprint density at radius 1 is 1.13 bits per heavy atom. The molecular weight excluding hydrogens is 376 g/mol. The average Bonchev–Trinajstić information content (AvgIpc) is 2.75. The smallest absolute Gasteiger partial charge is 0.260 e. The molecule has 2 aromatic heterocycles. The summed E-state index contributed by atoms with van der Waals surface area (Å²) in [4.78, 5) is 22.9. The molecule has 2 heterocycles. The number of aliphatic hydroxyl groups is 1. The van der Waals surface area contributed by atoms with Crippen LogP contribution in [0.4, 0.5) is 5.95 Å². The molecule has 2 aliphatic rings. The Kier molecular flexibility index (Phi) is 4.97. The monoisotopic (exact) mass is 406 g/mol. The van der Waals surface area contributed by atoms with Crippen LogP contribution in [0.25, 0.3) is 21.8 Å². The highest BCUT2D eigenvalue weighted by Gasteiger charge is 2.35. The SMILES string of the molecule is CCC1(CNc2ncc3c4ccccc4c(=O)n([C@H]4CC[C@H](O)CC4)c3n2)CCC1. The van der Waals surface area contributed by atoms with Crippen molar-refractivity contribution in [2.75, 3.05) is 11.9 Å². The quantitative estimate of drug-likeness (QED) is 0.614. The Labute approximate surface area is 176 Å². The first-order chi connectivity index (χ1) is 14.6. The fraction of sp³-hybridized carbons (Fsp3) is 0.542. The fourth-order valence-corrected chi connectivity index (χ4v) is 5.22. The largest absolute Gasteiger partial charge is 0.393 e. The van der Waals surface area contributed by atoms with Crippen LogP contribution in [0, 0.1) is 5.41 Å². The third-order valence-corrected chi connectivity index (χ3v) is 7.48. The van der Waals surface area contributed by atoms with Gasteiger partial charge >= 0.3 is 0 Å². The van der Waals surface area contributed by atoms with E-state index in [0.717, 1.165) is 49.4 Å². The third kappa shape index (κ3) is 3.27. The van der Waals surface area contributed by atoms with Crippen molar-refractivity contribution in [3.8, 4) is 0 Å². The minimum atomic E-state index is -0.261. The molecule has 0 saturated heterocycles. The van der Waals surface area contributed by atoms with E-state index in [-0.39, 0.29) is 17.7 Å². The topological polar surface area (TPSA) is 80.0 Å². The van der Waals surface area contributed by atoms with Crippen molar-refractivity contribution in [1.29, 1.82) is 0 Å². The molecule has 0 amide bonds.